The van der Waals surface area contributed by atoms with Crippen molar-refractivity contribution in [2.75, 3.05) is 13.1 Å². The Balaban J connectivity index is 1.95. The second-order valence-corrected chi connectivity index (χ2v) is 4.71. The van der Waals surface area contributed by atoms with E-state index in [0.717, 1.165) is 6.42 Å². The van der Waals surface area contributed by atoms with Crippen LogP contribution in [0.15, 0.2) is 18.3 Å². The maximum atomic E-state index is 12.1. The van der Waals surface area contributed by atoms with Gasteiger partial charge < -0.3 is 15.1 Å². The molecule has 2 heterocycles. The first kappa shape index (κ1) is 13.3. The van der Waals surface area contributed by atoms with Crippen LogP contribution in [0.4, 0.5) is 0 Å². The summed E-state index contributed by atoms with van der Waals surface area (Å²) in [4.78, 5) is 28.2. The summed E-state index contributed by atoms with van der Waals surface area (Å²) in [5.41, 5.74) is 0.0568. The van der Waals surface area contributed by atoms with E-state index in [1.807, 2.05) is 0 Å². The zero-order valence-corrected chi connectivity index (χ0v) is 10.5. The molecule has 1 unspecified atom stereocenters. The van der Waals surface area contributed by atoms with Crippen LogP contribution < -0.4 is 0 Å². The number of aliphatic carboxylic acids is 1. The normalized spacial score (nSPS) is 18.5. The molecule has 1 amide bonds. The standard InChI is InChI=1S/C13H16N2O4/c16-10-2-1-6-14-12(10)13(19)15-7-5-9(8-15)3-4-11(17)18/h1-2,6,9,16H,3-5,7-8H2,(H,17,18). The van der Waals surface area contributed by atoms with E-state index in [1.54, 1.807) is 11.0 Å². The number of carboxylic acid groups (broad SMARTS) is 1. The molecule has 0 aromatic carbocycles. The van der Waals surface area contributed by atoms with E-state index >= 15 is 0 Å². The first-order chi connectivity index (χ1) is 9.08. The molecular formula is C13H16N2O4. The maximum absolute atomic E-state index is 12.1. The number of carboxylic acids is 1. The molecule has 1 aromatic heterocycles. The number of carbonyl (C=O) groups excluding carboxylic acids is 1. The van der Waals surface area contributed by atoms with Crippen molar-refractivity contribution >= 4 is 11.9 Å². The Labute approximate surface area is 110 Å². The van der Waals surface area contributed by atoms with Gasteiger partial charge in [-0.25, -0.2) is 4.98 Å². The number of likely N-dealkylation sites (tertiary alicyclic amines) is 1. The predicted octanol–water partition coefficient (Wildman–Crippen LogP) is 1.11. The third-order valence-electron chi connectivity index (χ3n) is 3.33. The monoisotopic (exact) mass is 264 g/mol. The lowest BCUT2D eigenvalue weighted by atomic mass is 10.0. The summed E-state index contributed by atoms with van der Waals surface area (Å²) in [6, 6.07) is 2.99. The molecule has 1 aliphatic heterocycles. The fraction of sp³-hybridized carbons (Fsp3) is 0.462. The van der Waals surface area contributed by atoms with Gasteiger partial charge in [0.25, 0.3) is 5.91 Å². The highest BCUT2D eigenvalue weighted by atomic mass is 16.4. The van der Waals surface area contributed by atoms with Crippen LogP contribution in [0.1, 0.15) is 29.8 Å². The van der Waals surface area contributed by atoms with Crippen molar-refractivity contribution in [2.45, 2.75) is 19.3 Å². The summed E-state index contributed by atoms with van der Waals surface area (Å²) in [6.07, 6.45) is 2.96. The first-order valence-electron chi connectivity index (χ1n) is 6.23. The maximum Gasteiger partial charge on any atom is 0.303 e. The summed E-state index contributed by atoms with van der Waals surface area (Å²) in [5.74, 6) is -1.02. The molecule has 2 rings (SSSR count). The van der Waals surface area contributed by atoms with Gasteiger partial charge in [0, 0.05) is 25.7 Å². The number of nitrogens with zero attached hydrogens (tertiary/aromatic N) is 2. The van der Waals surface area contributed by atoms with E-state index in [4.69, 9.17) is 5.11 Å². The second kappa shape index (κ2) is 5.69. The summed E-state index contributed by atoms with van der Waals surface area (Å²) >= 11 is 0. The number of amides is 1. The molecule has 102 valence electrons. The molecule has 0 saturated carbocycles. The largest absolute Gasteiger partial charge is 0.505 e. The van der Waals surface area contributed by atoms with Crippen LogP contribution in [0.2, 0.25) is 0 Å². The molecular weight excluding hydrogens is 248 g/mol. The lowest BCUT2D eigenvalue weighted by Gasteiger charge is -2.16. The molecule has 1 aromatic rings. The molecule has 1 saturated heterocycles. The van der Waals surface area contributed by atoms with Crippen LogP contribution in [-0.4, -0.2) is 45.1 Å². The minimum absolute atomic E-state index is 0.0568. The van der Waals surface area contributed by atoms with Gasteiger partial charge in [-0.3, -0.25) is 9.59 Å². The third kappa shape index (κ3) is 3.21. The van der Waals surface area contributed by atoms with E-state index in [0.29, 0.717) is 19.5 Å². The number of aromatic nitrogens is 1. The van der Waals surface area contributed by atoms with Crippen LogP contribution in [0.3, 0.4) is 0 Å². The SMILES string of the molecule is O=C(O)CCC1CCN(C(=O)c2ncccc2O)C1. The highest BCUT2D eigenvalue weighted by molar-refractivity contribution is 5.94. The van der Waals surface area contributed by atoms with E-state index in [-0.39, 0.29) is 29.7 Å². The fourth-order valence-electron chi connectivity index (χ4n) is 2.29. The van der Waals surface area contributed by atoms with Gasteiger partial charge in [0.1, 0.15) is 5.75 Å². The van der Waals surface area contributed by atoms with Crippen molar-refractivity contribution in [2.24, 2.45) is 5.92 Å². The number of hydrogen-bond donors (Lipinski definition) is 2. The highest BCUT2D eigenvalue weighted by Gasteiger charge is 2.28. The smallest absolute Gasteiger partial charge is 0.303 e. The van der Waals surface area contributed by atoms with Crippen LogP contribution in [0, 0.1) is 5.92 Å². The van der Waals surface area contributed by atoms with E-state index in [1.165, 1.54) is 12.3 Å². The summed E-state index contributed by atoms with van der Waals surface area (Å²) in [5, 5.41) is 18.2. The van der Waals surface area contributed by atoms with Gasteiger partial charge in [-0.05, 0) is 30.9 Å². The zero-order chi connectivity index (χ0) is 13.8. The van der Waals surface area contributed by atoms with Crippen molar-refractivity contribution in [3.63, 3.8) is 0 Å². The number of rotatable bonds is 4. The van der Waals surface area contributed by atoms with Gasteiger partial charge in [0.2, 0.25) is 0 Å². The van der Waals surface area contributed by atoms with Crippen LogP contribution in [-0.2, 0) is 4.79 Å². The number of carbonyl (C=O) groups is 2. The molecule has 2 N–H and O–H groups in total. The third-order valence-corrected chi connectivity index (χ3v) is 3.33. The Bertz CT molecular complexity index is 489. The quantitative estimate of drug-likeness (QED) is 0.850. The molecule has 1 aliphatic rings. The fourth-order valence-corrected chi connectivity index (χ4v) is 2.29. The topological polar surface area (TPSA) is 90.7 Å². The van der Waals surface area contributed by atoms with E-state index < -0.39 is 5.97 Å². The van der Waals surface area contributed by atoms with Crippen molar-refractivity contribution in [3.05, 3.63) is 24.0 Å². The number of aromatic hydroxyl groups is 1. The van der Waals surface area contributed by atoms with E-state index in [2.05, 4.69) is 4.98 Å². The van der Waals surface area contributed by atoms with Gasteiger partial charge in [-0.15, -0.1) is 0 Å². The first-order valence-corrected chi connectivity index (χ1v) is 6.23. The highest BCUT2D eigenvalue weighted by Crippen LogP contribution is 2.24. The molecule has 6 nitrogen and oxygen atoms in total. The molecule has 0 bridgehead atoms. The Morgan fingerprint density at radius 1 is 1.47 bits per heavy atom. The zero-order valence-electron chi connectivity index (χ0n) is 10.5. The van der Waals surface area contributed by atoms with Gasteiger partial charge in [0.05, 0.1) is 0 Å². The molecule has 0 radical (unpaired) electrons. The number of hydrogen-bond acceptors (Lipinski definition) is 4. The van der Waals surface area contributed by atoms with Crippen LogP contribution in [0.25, 0.3) is 0 Å². The van der Waals surface area contributed by atoms with Gasteiger partial charge in [-0.2, -0.15) is 0 Å². The predicted molar refractivity (Wildman–Crippen MR) is 66.8 cm³/mol. The lowest BCUT2D eigenvalue weighted by Crippen LogP contribution is -2.29. The minimum atomic E-state index is -0.813. The summed E-state index contributed by atoms with van der Waals surface area (Å²) < 4.78 is 0. The average Bonchev–Trinajstić information content (AvgIpc) is 2.85. The second-order valence-electron chi connectivity index (χ2n) is 4.71. The van der Waals surface area contributed by atoms with Crippen LogP contribution in [0.5, 0.6) is 5.75 Å². The summed E-state index contributed by atoms with van der Waals surface area (Å²) in [6.45, 7) is 1.11. The minimum Gasteiger partial charge on any atom is -0.505 e. The Morgan fingerprint density at radius 2 is 2.26 bits per heavy atom. The Morgan fingerprint density at radius 3 is 2.95 bits per heavy atom. The molecule has 0 spiro atoms. The van der Waals surface area contributed by atoms with Crippen molar-refractivity contribution in [1.82, 2.24) is 9.88 Å². The van der Waals surface area contributed by atoms with Gasteiger partial charge in [0.15, 0.2) is 5.69 Å². The van der Waals surface area contributed by atoms with Crippen LogP contribution >= 0.6 is 0 Å². The van der Waals surface area contributed by atoms with Crippen molar-refractivity contribution in [1.29, 1.82) is 0 Å². The molecule has 1 atom stereocenters. The molecule has 0 aliphatic carbocycles. The van der Waals surface area contributed by atoms with Crippen molar-refractivity contribution < 1.29 is 19.8 Å². The van der Waals surface area contributed by atoms with Crippen molar-refractivity contribution in [3.8, 4) is 5.75 Å². The Hall–Kier alpha value is -2.11. The lowest BCUT2D eigenvalue weighted by molar-refractivity contribution is -0.137. The Kier molecular flexibility index (Phi) is 3.99. The van der Waals surface area contributed by atoms with Gasteiger partial charge in [-0.1, -0.05) is 0 Å². The molecule has 19 heavy (non-hydrogen) atoms. The summed E-state index contributed by atoms with van der Waals surface area (Å²) in [7, 11) is 0. The average molecular weight is 264 g/mol. The van der Waals surface area contributed by atoms with E-state index in [9.17, 15) is 14.7 Å². The molecule has 6 heteroatoms. The number of pyridine rings is 1. The molecule has 1 fully saturated rings. The van der Waals surface area contributed by atoms with Gasteiger partial charge >= 0.3 is 5.97 Å².